The van der Waals surface area contributed by atoms with Crippen LogP contribution in [0, 0.1) is 11.6 Å². The van der Waals surface area contributed by atoms with Gasteiger partial charge in [-0.05, 0) is 35.9 Å². The number of hydrazone groups is 1. The van der Waals surface area contributed by atoms with Gasteiger partial charge in [0.05, 0.1) is 6.21 Å². The summed E-state index contributed by atoms with van der Waals surface area (Å²) in [6.45, 7) is -0.0552. The predicted molar refractivity (Wildman–Crippen MR) is 82.5 cm³/mol. The van der Waals surface area contributed by atoms with Gasteiger partial charge in [-0.1, -0.05) is 11.6 Å². The van der Waals surface area contributed by atoms with Gasteiger partial charge in [0.1, 0.15) is 24.0 Å². The molecule has 5 nitrogen and oxygen atoms in total. The van der Waals surface area contributed by atoms with Crippen molar-refractivity contribution in [3.8, 4) is 5.75 Å². The number of nitrogens with one attached hydrogen (secondary N) is 1. The third-order valence-electron chi connectivity index (χ3n) is 2.67. The molecule has 2 amide bonds. The molecule has 23 heavy (non-hydrogen) atoms. The summed E-state index contributed by atoms with van der Waals surface area (Å²) in [6.07, 6.45) is 1.29. The number of rotatable bonds is 5. The molecule has 0 bridgehead atoms. The molecule has 0 fully saturated rings. The molecule has 0 unspecified atom stereocenters. The van der Waals surface area contributed by atoms with Crippen molar-refractivity contribution < 1.29 is 18.3 Å². The van der Waals surface area contributed by atoms with E-state index in [1.165, 1.54) is 18.3 Å². The maximum absolute atomic E-state index is 13.1. The molecule has 0 aliphatic rings. The second-order valence-corrected chi connectivity index (χ2v) is 4.92. The lowest BCUT2D eigenvalue weighted by Gasteiger charge is -2.10. The van der Waals surface area contributed by atoms with E-state index < -0.39 is 17.7 Å². The highest BCUT2D eigenvalue weighted by Gasteiger charge is 2.06. The first-order chi connectivity index (χ1) is 10.9. The smallest absolute Gasteiger partial charge is 0.332 e. The Labute approximate surface area is 135 Å². The first-order valence-electron chi connectivity index (χ1n) is 6.40. The minimum absolute atomic E-state index is 0.0552. The van der Waals surface area contributed by atoms with Crippen molar-refractivity contribution in [2.75, 3.05) is 0 Å². The van der Waals surface area contributed by atoms with Crippen molar-refractivity contribution in [1.82, 2.24) is 5.43 Å². The molecule has 0 radical (unpaired) electrons. The van der Waals surface area contributed by atoms with E-state index in [0.29, 0.717) is 21.9 Å². The molecule has 0 aromatic heterocycles. The molecule has 0 spiro atoms. The van der Waals surface area contributed by atoms with Gasteiger partial charge >= 0.3 is 6.03 Å². The number of benzene rings is 2. The van der Waals surface area contributed by atoms with Crippen molar-refractivity contribution in [3.05, 3.63) is 64.2 Å². The second kappa shape index (κ2) is 7.55. The van der Waals surface area contributed by atoms with Gasteiger partial charge in [0, 0.05) is 16.7 Å². The molecule has 0 aliphatic heterocycles. The van der Waals surface area contributed by atoms with E-state index >= 15 is 0 Å². The summed E-state index contributed by atoms with van der Waals surface area (Å²) in [5, 5.41) is 4.04. The van der Waals surface area contributed by atoms with Crippen LogP contribution in [0.3, 0.4) is 0 Å². The van der Waals surface area contributed by atoms with Gasteiger partial charge in [-0.3, -0.25) is 0 Å². The molecule has 0 heterocycles. The summed E-state index contributed by atoms with van der Waals surface area (Å²) < 4.78 is 31.8. The lowest BCUT2D eigenvalue weighted by atomic mass is 10.2. The van der Waals surface area contributed by atoms with Crippen LogP contribution < -0.4 is 15.9 Å². The van der Waals surface area contributed by atoms with Gasteiger partial charge in [0.15, 0.2) is 0 Å². The summed E-state index contributed by atoms with van der Waals surface area (Å²) in [4.78, 5) is 10.6. The van der Waals surface area contributed by atoms with Gasteiger partial charge in [0.2, 0.25) is 0 Å². The molecule has 0 saturated carbocycles. The van der Waals surface area contributed by atoms with Gasteiger partial charge < -0.3 is 10.5 Å². The van der Waals surface area contributed by atoms with Crippen LogP contribution in [0.4, 0.5) is 13.6 Å². The van der Waals surface area contributed by atoms with Gasteiger partial charge in [-0.15, -0.1) is 0 Å². The van der Waals surface area contributed by atoms with Crippen LogP contribution in [0.15, 0.2) is 41.5 Å². The number of amides is 2. The second-order valence-electron chi connectivity index (χ2n) is 4.48. The fourth-order valence-electron chi connectivity index (χ4n) is 1.77. The van der Waals surface area contributed by atoms with E-state index in [4.69, 9.17) is 22.1 Å². The van der Waals surface area contributed by atoms with Crippen LogP contribution in [0.2, 0.25) is 5.02 Å². The number of primary amides is 1. The zero-order valence-corrected chi connectivity index (χ0v) is 12.5. The molecule has 8 heteroatoms. The van der Waals surface area contributed by atoms with Crippen LogP contribution in [0.1, 0.15) is 11.1 Å². The summed E-state index contributed by atoms with van der Waals surface area (Å²) in [6, 6.07) is 7.00. The predicted octanol–water partition coefficient (Wildman–Crippen LogP) is 3.20. The molecule has 0 saturated heterocycles. The minimum Gasteiger partial charge on any atom is -0.488 e. The van der Waals surface area contributed by atoms with Crippen LogP contribution in [-0.2, 0) is 6.61 Å². The van der Waals surface area contributed by atoms with E-state index in [2.05, 4.69) is 5.10 Å². The van der Waals surface area contributed by atoms with E-state index in [1.807, 2.05) is 5.43 Å². The highest BCUT2D eigenvalue weighted by atomic mass is 35.5. The Kier molecular flexibility index (Phi) is 5.48. The van der Waals surface area contributed by atoms with Gasteiger partial charge in [0.25, 0.3) is 0 Å². The van der Waals surface area contributed by atoms with Crippen molar-refractivity contribution in [1.29, 1.82) is 0 Å². The first-order valence-corrected chi connectivity index (χ1v) is 6.77. The Morgan fingerprint density at radius 1 is 1.26 bits per heavy atom. The Bertz CT molecular complexity index is 733. The molecular weight excluding hydrogens is 328 g/mol. The van der Waals surface area contributed by atoms with Crippen LogP contribution in [-0.4, -0.2) is 12.2 Å². The molecule has 2 aromatic carbocycles. The monoisotopic (exact) mass is 339 g/mol. The Balaban J connectivity index is 2.15. The standard InChI is InChI=1S/C15H12ClF2N3O2/c16-11-1-2-14(10(5-11)7-20-21-15(19)22)23-8-9-3-12(17)6-13(18)4-9/h1-7H,8H2,(H3,19,21,22). The number of carbonyl (C=O) groups excluding carboxylic acids is 1. The highest BCUT2D eigenvalue weighted by Crippen LogP contribution is 2.22. The average Bonchev–Trinajstić information content (AvgIpc) is 2.45. The Morgan fingerprint density at radius 2 is 1.96 bits per heavy atom. The highest BCUT2D eigenvalue weighted by molar-refractivity contribution is 6.30. The van der Waals surface area contributed by atoms with E-state index in [-0.39, 0.29) is 6.61 Å². The van der Waals surface area contributed by atoms with Gasteiger partial charge in [-0.2, -0.15) is 5.10 Å². The van der Waals surface area contributed by atoms with E-state index in [1.54, 1.807) is 18.2 Å². The Hall–Kier alpha value is -2.67. The molecular formula is C15H12ClF2N3O2. The van der Waals surface area contributed by atoms with Crippen LogP contribution in [0.5, 0.6) is 5.75 Å². The summed E-state index contributed by atoms with van der Waals surface area (Å²) >= 11 is 5.89. The molecule has 0 atom stereocenters. The molecule has 0 aliphatic carbocycles. The molecule has 120 valence electrons. The van der Waals surface area contributed by atoms with Crippen LogP contribution >= 0.6 is 11.6 Å². The minimum atomic E-state index is -0.819. The van der Waals surface area contributed by atoms with Crippen molar-refractivity contribution >= 4 is 23.8 Å². The maximum Gasteiger partial charge on any atom is 0.332 e. The number of nitrogens with two attached hydrogens (primary N) is 1. The number of carbonyl (C=O) groups is 1. The third-order valence-corrected chi connectivity index (χ3v) is 2.90. The average molecular weight is 340 g/mol. The first kappa shape index (κ1) is 16.7. The fourth-order valence-corrected chi connectivity index (χ4v) is 1.95. The van der Waals surface area contributed by atoms with Crippen molar-refractivity contribution in [2.45, 2.75) is 6.61 Å². The Morgan fingerprint density at radius 3 is 2.61 bits per heavy atom. The van der Waals surface area contributed by atoms with Crippen molar-refractivity contribution in [2.24, 2.45) is 10.8 Å². The largest absolute Gasteiger partial charge is 0.488 e. The number of halogens is 3. The SMILES string of the molecule is NC(=O)NN=Cc1cc(Cl)ccc1OCc1cc(F)cc(F)c1. The third kappa shape index (κ3) is 5.23. The normalized spacial score (nSPS) is 10.7. The number of hydrogen-bond acceptors (Lipinski definition) is 3. The number of hydrogen-bond donors (Lipinski definition) is 2. The number of urea groups is 1. The number of ether oxygens (including phenoxy) is 1. The zero-order chi connectivity index (χ0) is 16.8. The molecule has 3 N–H and O–H groups in total. The lowest BCUT2D eigenvalue weighted by Crippen LogP contribution is -2.24. The summed E-state index contributed by atoms with van der Waals surface area (Å²) in [5.41, 5.74) is 7.73. The fraction of sp³-hybridized carbons (Fsp3) is 0.0667. The topological polar surface area (TPSA) is 76.7 Å². The quantitative estimate of drug-likeness (QED) is 0.648. The maximum atomic E-state index is 13.1. The summed E-state index contributed by atoms with van der Waals surface area (Å²) in [7, 11) is 0. The van der Waals surface area contributed by atoms with Crippen molar-refractivity contribution in [3.63, 3.8) is 0 Å². The van der Waals surface area contributed by atoms with Crippen LogP contribution in [0.25, 0.3) is 0 Å². The van der Waals surface area contributed by atoms with E-state index in [0.717, 1.165) is 6.07 Å². The lowest BCUT2D eigenvalue weighted by molar-refractivity contribution is 0.249. The van der Waals surface area contributed by atoms with E-state index in [9.17, 15) is 13.6 Å². The molecule has 2 aromatic rings. The zero-order valence-electron chi connectivity index (χ0n) is 11.7. The molecule has 2 rings (SSSR count). The van der Waals surface area contributed by atoms with Gasteiger partial charge in [-0.25, -0.2) is 19.0 Å². The number of nitrogens with zero attached hydrogens (tertiary/aromatic N) is 1. The summed E-state index contributed by atoms with van der Waals surface area (Å²) in [5.74, 6) is -1.01.